The average Bonchev–Trinajstić information content (AvgIpc) is 3.14. The van der Waals surface area contributed by atoms with Gasteiger partial charge in [0.05, 0.1) is 6.20 Å². The molecule has 0 spiro atoms. The molecular weight excluding hydrogens is 378 g/mol. The summed E-state index contributed by atoms with van der Waals surface area (Å²) in [5.41, 5.74) is 1.99. The van der Waals surface area contributed by atoms with Crippen molar-refractivity contribution in [1.29, 1.82) is 0 Å². The van der Waals surface area contributed by atoms with E-state index in [-0.39, 0.29) is 17.7 Å². The molecule has 158 valence electrons. The van der Waals surface area contributed by atoms with E-state index in [0.717, 1.165) is 49.0 Å². The first kappa shape index (κ1) is 20.3. The molecule has 0 saturated carbocycles. The zero-order valence-electron chi connectivity index (χ0n) is 17.8. The summed E-state index contributed by atoms with van der Waals surface area (Å²) >= 11 is 0. The fourth-order valence-corrected chi connectivity index (χ4v) is 4.18. The summed E-state index contributed by atoms with van der Waals surface area (Å²) in [6, 6.07) is 7.58. The van der Waals surface area contributed by atoms with Crippen molar-refractivity contribution in [2.75, 3.05) is 25.0 Å². The lowest BCUT2D eigenvalue weighted by Crippen LogP contribution is -2.39. The summed E-state index contributed by atoms with van der Waals surface area (Å²) in [5.74, 6) is 0.908. The van der Waals surface area contributed by atoms with Gasteiger partial charge in [-0.25, -0.2) is 0 Å². The molecule has 4 rings (SSSR count). The molecule has 30 heavy (non-hydrogen) atoms. The van der Waals surface area contributed by atoms with Crippen molar-refractivity contribution in [2.45, 2.75) is 26.7 Å². The number of hydrogen-bond acceptors (Lipinski definition) is 5. The quantitative estimate of drug-likeness (QED) is 0.675. The second-order valence-electron chi connectivity index (χ2n) is 8.63. The van der Waals surface area contributed by atoms with Gasteiger partial charge < -0.3 is 15.3 Å². The molecule has 3 aromatic rings. The molecule has 1 amide bonds. The van der Waals surface area contributed by atoms with Crippen LogP contribution < -0.4 is 5.32 Å². The zero-order valence-corrected chi connectivity index (χ0v) is 17.8. The number of carbonyl (C=O) groups excluding carboxylic acids is 1. The fraction of sp³-hybridized carbons (Fsp3) is 0.435. The summed E-state index contributed by atoms with van der Waals surface area (Å²) in [4.78, 5) is 19.4. The van der Waals surface area contributed by atoms with Crippen LogP contribution in [0.1, 0.15) is 26.7 Å². The van der Waals surface area contributed by atoms with Crippen LogP contribution >= 0.6 is 0 Å². The number of aryl methyl sites for hydroxylation is 1. The average molecular weight is 408 g/mol. The lowest BCUT2D eigenvalue weighted by atomic mass is 9.95. The maximum absolute atomic E-state index is 12.8. The molecule has 0 aliphatic carbocycles. The first-order valence-electron chi connectivity index (χ1n) is 10.5. The highest BCUT2D eigenvalue weighted by Crippen LogP contribution is 2.30. The van der Waals surface area contributed by atoms with E-state index in [4.69, 9.17) is 0 Å². The minimum atomic E-state index is -0.0766. The summed E-state index contributed by atoms with van der Waals surface area (Å²) in [6.45, 7) is 7.41. The van der Waals surface area contributed by atoms with Crippen molar-refractivity contribution < 1.29 is 9.90 Å². The van der Waals surface area contributed by atoms with Crippen LogP contribution in [-0.4, -0.2) is 50.3 Å². The van der Waals surface area contributed by atoms with Crippen molar-refractivity contribution in [1.82, 2.24) is 19.7 Å². The number of aromatic hydroxyl groups is 1. The van der Waals surface area contributed by atoms with E-state index in [1.54, 1.807) is 10.9 Å². The Kier molecular flexibility index (Phi) is 5.72. The van der Waals surface area contributed by atoms with Crippen molar-refractivity contribution in [3.05, 3.63) is 36.7 Å². The van der Waals surface area contributed by atoms with Crippen molar-refractivity contribution in [2.24, 2.45) is 18.9 Å². The third kappa shape index (κ3) is 4.46. The number of pyridine rings is 1. The van der Waals surface area contributed by atoms with Gasteiger partial charge in [0.2, 0.25) is 11.8 Å². The van der Waals surface area contributed by atoms with Gasteiger partial charge in [-0.1, -0.05) is 19.9 Å². The van der Waals surface area contributed by atoms with Gasteiger partial charge in [0.25, 0.3) is 0 Å². The Hall–Kier alpha value is -2.93. The molecule has 2 N–H and O–H groups in total. The molecule has 1 aliphatic heterocycles. The number of benzene rings is 1. The molecule has 0 unspecified atom stereocenters. The highest BCUT2D eigenvalue weighted by Gasteiger charge is 2.25. The number of amides is 1. The Bertz CT molecular complexity index is 1050. The standard InChI is InChI=1S/C23H29N5O2/c1-15(2)13-28-8-6-16(7-9-28)22(29)25-21-11-18-10-17(19-12-24-27(3)14-19)4-5-20(18)23(30)26-21/h4-5,10-12,14-16H,6-9,13H2,1-3H3,(H2,25,26,29,30). The first-order valence-corrected chi connectivity index (χ1v) is 10.5. The molecule has 7 heteroatoms. The Morgan fingerprint density at radius 1 is 1.23 bits per heavy atom. The Morgan fingerprint density at radius 2 is 2.00 bits per heavy atom. The molecule has 0 radical (unpaired) electrons. The third-order valence-electron chi connectivity index (χ3n) is 5.68. The minimum absolute atomic E-state index is 0.0187. The highest BCUT2D eigenvalue weighted by atomic mass is 16.3. The smallest absolute Gasteiger partial charge is 0.228 e. The van der Waals surface area contributed by atoms with E-state index in [1.165, 1.54) is 0 Å². The highest BCUT2D eigenvalue weighted by molar-refractivity contribution is 5.96. The van der Waals surface area contributed by atoms with Crippen LogP contribution in [0.25, 0.3) is 21.9 Å². The monoisotopic (exact) mass is 407 g/mol. The van der Waals surface area contributed by atoms with E-state index in [2.05, 4.69) is 34.1 Å². The van der Waals surface area contributed by atoms with E-state index in [1.807, 2.05) is 37.5 Å². The van der Waals surface area contributed by atoms with Gasteiger partial charge in [-0.2, -0.15) is 10.1 Å². The van der Waals surface area contributed by atoms with Crippen molar-refractivity contribution in [3.8, 4) is 17.0 Å². The van der Waals surface area contributed by atoms with Crippen LogP contribution in [-0.2, 0) is 11.8 Å². The van der Waals surface area contributed by atoms with Crippen LogP contribution in [0, 0.1) is 11.8 Å². The molecule has 2 aromatic heterocycles. The van der Waals surface area contributed by atoms with E-state index < -0.39 is 0 Å². The van der Waals surface area contributed by atoms with Gasteiger partial charge in [0.15, 0.2) is 0 Å². The molecular formula is C23H29N5O2. The minimum Gasteiger partial charge on any atom is -0.493 e. The number of piperidine rings is 1. The number of anilines is 1. The first-order chi connectivity index (χ1) is 14.4. The van der Waals surface area contributed by atoms with E-state index in [0.29, 0.717) is 17.1 Å². The number of fused-ring (bicyclic) bond motifs is 1. The normalized spacial score (nSPS) is 15.7. The predicted octanol–water partition coefficient (Wildman–Crippen LogP) is 3.65. The molecule has 0 bridgehead atoms. The Morgan fingerprint density at radius 3 is 2.67 bits per heavy atom. The molecule has 1 fully saturated rings. The summed E-state index contributed by atoms with van der Waals surface area (Å²) in [7, 11) is 1.88. The van der Waals surface area contributed by atoms with Crippen LogP contribution in [0.3, 0.4) is 0 Å². The second-order valence-corrected chi connectivity index (χ2v) is 8.63. The predicted molar refractivity (Wildman–Crippen MR) is 118 cm³/mol. The maximum atomic E-state index is 12.8. The lowest BCUT2D eigenvalue weighted by molar-refractivity contribution is -0.121. The number of hydrogen-bond donors (Lipinski definition) is 2. The largest absolute Gasteiger partial charge is 0.493 e. The molecule has 3 heterocycles. The van der Waals surface area contributed by atoms with Gasteiger partial charge >= 0.3 is 0 Å². The Balaban J connectivity index is 1.49. The summed E-state index contributed by atoms with van der Waals surface area (Å²) in [5, 5.41) is 19.0. The Labute approximate surface area is 176 Å². The topological polar surface area (TPSA) is 83.3 Å². The van der Waals surface area contributed by atoms with E-state index >= 15 is 0 Å². The van der Waals surface area contributed by atoms with Gasteiger partial charge in [-0.05, 0) is 61.0 Å². The number of rotatable bonds is 5. The maximum Gasteiger partial charge on any atom is 0.228 e. The van der Waals surface area contributed by atoms with Gasteiger partial charge in [0.1, 0.15) is 5.82 Å². The molecule has 1 saturated heterocycles. The fourth-order valence-electron chi connectivity index (χ4n) is 4.18. The number of nitrogens with zero attached hydrogens (tertiary/aromatic N) is 4. The number of carbonyl (C=O) groups is 1. The van der Waals surface area contributed by atoms with Crippen LogP contribution in [0.4, 0.5) is 5.82 Å². The van der Waals surface area contributed by atoms with Crippen LogP contribution in [0.2, 0.25) is 0 Å². The number of nitrogens with one attached hydrogen (secondary N) is 1. The third-order valence-corrected chi connectivity index (χ3v) is 5.68. The van der Waals surface area contributed by atoms with Gasteiger partial charge in [-0.3, -0.25) is 9.48 Å². The molecule has 1 aromatic carbocycles. The van der Waals surface area contributed by atoms with Crippen LogP contribution in [0.5, 0.6) is 5.88 Å². The van der Waals surface area contributed by atoms with E-state index in [9.17, 15) is 9.90 Å². The lowest BCUT2D eigenvalue weighted by Gasteiger charge is -2.32. The SMILES string of the molecule is CC(C)CN1CCC(C(=O)Nc2cc3cc(-c4cnn(C)c4)ccc3c(O)n2)CC1. The summed E-state index contributed by atoms with van der Waals surface area (Å²) < 4.78 is 1.75. The number of likely N-dealkylation sites (tertiary alicyclic amines) is 1. The second kappa shape index (κ2) is 8.44. The van der Waals surface area contributed by atoms with Crippen molar-refractivity contribution in [3.63, 3.8) is 0 Å². The molecule has 1 aliphatic rings. The summed E-state index contributed by atoms with van der Waals surface area (Å²) in [6.07, 6.45) is 5.44. The van der Waals surface area contributed by atoms with Crippen LogP contribution in [0.15, 0.2) is 36.7 Å². The zero-order chi connectivity index (χ0) is 21.3. The van der Waals surface area contributed by atoms with Gasteiger partial charge in [-0.15, -0.1) is 0 Å². The van der Waals surface area contributed by atoms with Gasteiger partial charge in [0, 0.05) is 36.7 Å². The molecule has 0 atom stereocenters. The van der Waals surface area contributed by atoms with Crippen molar-refractivity contribution >= 4 is 22.5 Å². The molecule has 7 nitrogen and oxygen atoms in total. The number of aromatic nitrogens is 3.